The Labute approximate surface area is 150 Å². The van der Waals surface area contributed by atoms with Crippen molar-refractivity contribution in [3.63, 3.8) is 0 Å². The van der Waals surface area contributed by atoms with Gasteiger partial charge in [0.05, 0.1) is 5.52 Å². The normalized spacial score (nSPS) is 12.0. The van der Waals surface area contributed by atoms with Crippen molar-refractivity contribution in [1.29, 1.82) is 0 Å². The van der Waals surface area contributed by atoms with Crippen LogP contribution in [0.4, 0.5) is 0 Å². The zero-order valence-electron chi connectivity index (χ0n) is 14.3. The lowest BCUT2D eigenvalue weighted by Gasteiger charge is -2.08. The van der Waals surface area contributed by atoms with Gasteiger partial charge in [-0.25, -0.2) is 13.1 Å². The van der Waals surface area contributed by atoms with E-state index < -0.39 is 10.0 Å². The molecule has 0 atom stereocenters. The van der Waals surface area contributed by atoms with Crippen molar-refractivity contribution >= 4 is 32.3 Å². The number of aromatic nitrogens is 1. The van der Waals surface area contributed by atoms with E-state index in [4.69, 9.17) is 0 Å². The highest BCUT2D eigenvalue weighted by Crippen LogP contribution is 2.20. The van der Waals surface area contributed by atoms with Gasteiger partial charge in [0.15, 0.2) is 0 Å². The summed E-state index contributed by atoms with van der Waals surface area (Å²) in [5.41, 5.74) is 3.37. The van der Waals surface area contributed by atoms with Gasteiger partial charge in [0.2, 0.25) is 10.0 Å². The summed E-state index contributed by atoms with van der Waals surface area (Å²) in [5.74, 6) is 0. The Kier molecular flexibility index (Phi) is 4.81. The SMILES string of the molecule is Cc1cc(C)c2[nH]c(=O)c(CCNS(=O)(=O)c3ccc(C)s3)cc2c1. The first-order chi connectivity index (χ1) is 11.8. The van der Waals surface area contributed by atoms with E-state index in [1.165, 1.54) is 11.3 Å². The number of fused-ring (bicyclic) bond motifs is 1. The molecule has 0 aliphatic rings. The smallest absolute Gasteiger partial charge is 0.251 e. The van der Waals surface area contributed by atoms with Crippen molar-refractivity contribution in [3.8, 4) is 0 Å². The van der Waals surface area contributed by atoms with E-state index in [9.17, 15) is 13.2 Å². The van der Waals surface area contributed by atoms with Crippen molar-refractivity contribution in [2.75, 3.05) is 6.54 Å². The van der Waals surface area contributed by atoms with E-state index in [-0.39, 0.29) is 12.1 Å². The first-order valence-electron chi connectivity index (χ1n) is 7.95. The third kappa shape index (κ3) is 3.84. The number of benzene rings is 1. The van der Waals surface area contributed by atoms with Crippen LogP contribution in [-0.2, 0) is 16.4 Å². The molecule has 0 spiro atoms. The number of nitrogens with one attached hydrogen (secondary N) is 2. The highest BCUT2D eigenvalue weighted by molar-refractivity contribution is 7.91. The lowest BCUT2D eigenvalue weighted by Crippen LogP contribution is -2.27. The molecule has 132 valence electrons. The number of rotatable bonds is 5. The molecule has 3 aromatic rings. The summed E-state index contributed by atoms with van der Waals surface area (Å²) in [6.07, 6.45) is 0.335. The molecule has 0 saturated carbocycles. The van der Waals surface area contributed by atoms with E-state index in [0.29, 0.717) is 16.2 Å². The molecule has 0 amide bonds. The van der Waals surface area contributed by atoms with Crippen LogP contribution in [0.15, 0.2) is 39.3 Å². The molecule has 3 rings (SSSR count). The second kappa shape index (κ2) is 6.74. The minimum atomic E-state index is -3.52. The van der Waals surface area contributed by atoms with E-state index in [2.05, 4.69) is 9.71 Å². The van der Waals surface area contributed by atoms with E-state index >= 15 is 0 Å². The van der Waals surface area contributed by atoms with Crippen molar-refractivity contribution in [1.82, 2.24) is 9.71 Å². The van der Waals surface area contributed by atoms with E-state index in [1.807, 2.05) is 39.0 Å². The number of aromatic amines is 1. The van der Waals surface area contributed by atoms with Gasteiger partial charge in [-0.1, -0.05) is 11.6 Å². The Hall–Kier alpha value is -1.96. The van der Waals surface area contributed by atoms with Crippen LogP contribution in [0.25, 0.3) is 10.9 Å². The van der Waals surface area contributed by atoms with Gasteiger partial charge in [-0.05, 0) is 62.4 Å². The molecule has 0 aliphatic carbocycles. The number of thiophene rings is 1. The maximum atomic E-state index is 12.3. The third-order valence-electron chi connectivity index (χ3n) is 4.04. The minimum Gasteiger partial charge on any atom is -0.321 e. The molecule has 0 bridgehead atoms. The van der Waals surface area contributed by atoms with Crippen molar-refractivity contribution in [2.45, 2.75) is 31.4 Å². The number of hydrogen-bond donors (Lipinski definition) is 2. The number of pyridine rings is 1. The van der Waals surface area contributed by atoms with Crippen LogP contribution in [0.5, 0.6) is 0 Å². The topological polar surface area (TPSA) is 79.0 Å². The summed E-state index contributed by atoms with van der Waals surface area (Å²) in [4.78, 5) is 16.1. The fraction of sp³-hybridized carbons (Fsp3) is 0.278. The number of aryl methyl sites for hydroxylation is 3. The molecule has 2 heterocycles. The summed E-state index contributed by atoms with van der Waals surface area (Å²) in [6, 6.07) is 9.25. The summed E-state index contributed by atoms with van der Waals surface area (Å²) >= 11 is 1.23. The predicted octanol–water partition coefficient (Wildman–Crippen LogP) is 3.04. The highest BCUT2D eigenvalue weighted by atomic mass is 32.2. The Morgan fingerprint density at radius 2 is 1.88 bits per heavy atom. The van der Waals surface area contributed by atoms with Crippen molar-refractivity contribution in [2.24, 2.45) is 0 Å². The Morgan fingerprint density at radius 1 is 1.12 bits per heavy atom. The average molecular weight is 377 g/mol. The zero-order valence-corrected chi connectivity index (χ0v) is 16.0. The average Bonchev–Trinajstić information content (AvgIpc) is 2.96. The molecule has 2 aromatic heterocycles. The number of sulfonamides is 1. The van der Waals surface area contributed by atoms with Crippen LogP contribution in [0.1, 0.15) is 21.6 Å². The van der Waals surface area contributed by atoms with Crippen LogP contribution in [0.3, 0.4) is 0 Å². The number of hydrogen-bond acceptors (Lipinski definition) is 4. The second-order valence-corrected chi connectivity index (χ2v) is 9.46. The maximum absolute atomic E-state index is 12.3. The van der Waals surface area contributed by atoms with E-state index in [0.717, 1.165) is 26.9 Å². The summed E-state index contributed by atoms with van der Waals surface area (Å²) in [6.45, 7) is 6.01. The molecule has 25 heavy (non-hydrogen) atoms. The summed E-state index contributed by atoms with van der Waals surface area (Å²) in [5, 5.41) is 0.962. The van der Waals surface area contributed by atoms with Gasteiger partial charge in [-0.3, -0.25) is 4.79 Å². The van der Waals surface area contributed by atoms with Gasteiger partial charge in [-0.2, -0.15) is 0 Å². The molecule has 0 unspecified atom stereocenters. The largest absolute Gasteiger partial charge is 0.321 e. The quantitative estimate of drug-likeness (QED) is 0.718. The van der Waals surface area contributed by atoms with Crippen LogP contribution >= 0.6 is 11.3 Å². The molecule has 0 saturated heterocycles. The molecule has 5 nitrogen and oxygen atoms in total. The van der Waals surface area contributed by atoms with Gasteiger partial charge in [0.1, 0.15) is 4.21 Å². The molecule has 2 N–H and O–H groups in total. The molecular weight excluding hydrogens is 356 g/mol. The van der Waals surface area contributed by atoms with Gasteiger partial charge < -0.3 is 4.98 Å². The maximum Gasteiger partial charge on any atom is 0.251 e. The first kappa shape index (κ1) is 17.8. The van der Waals surface area contributed by atoms with Crippen LogP contribution in [0.2, 0.25) is 0 Å². The summed E-state index contributed by atoms with van der Waals surface area (Å²) < 4.78 is 27.3. The highest BCUT2D eigenvalue weighted by Gasteiger charge is 2.16. The fourth-order valence-electron chi connectivity index (χ4n) is 2.87. The molecule has 0 radical (unpaired) electrons. The minimum absolute atomic E-state index is 0.175. The Balaban J connectivity index is 1.79. The Morgan fingerprint density at radius 3 is 2.56 bits per heavy atom. The van der Waals surface area contributed by atoms with Crippen molar-refractivity contribution in [3.05, 3.63) is 62.3 Å². The summed E-state index contributed by atoms with van der Waals surface area (Å²) in [7, 11) is -3.52. The zero-order chi connectivity index (χ0) is 18.2. The fourth-order valence-corrected chi connectivity index (χ4v) is 5.23. The molecule has 0 fully saturated rings. The first-order valence-corrected chi connectivity index (χ1v) is 10.3. The van der Waals surface area contributed by atoms with Gasteiger partial charge in [0, 0.05) is 17.0 Å². The molecule has 0 aliphatic heterocycles. The molecular formula is C18H20N2O3S2. The van der Waals surface area contributed by atoms with E-state index in [1.54, 1.807) is 12.1 Å². The third-order valence-corrected chi connectivity index (χ3v) is 6.99. The Bertz CT molecular complexity index is 1100. The lowest BCUT2D eigenvalue weighted by atomic mass is 10.0. The number of H-pyrrole nitrogens is 1. The van der Waals surface area contributed by atoms with Crippen LogP contribution < -0.4 is 10.3 Å². The van der Waals surface area contributed by atoms with Gasteiger partial charge >= 0.3 is 0 Å². The van der Waals surface area contributed by atoms with Crippen LogP contribution in [-0.4, -0.2) is 19.9 Å². The molecule has 7 heteroatoms. The van der Waals surface area contributed by atoms with Gasteiger partial charge in [-0.15, -0.1) is 11.3 Å². The lowest BCUT2D eigenvalue weighted by molar-refractivity contribution is 0.583. The molecule has 1 aromatic carbocycles. The van der Waals surface area contributed by atoms with Crippen molar-refractivity contribution < 1.29 is 8.42 Å². The standard InChI is InChI=1S/C18H20N2O3S2/c1-11-8-12(2)17-15(9-11)10-14(18(21)20-17)6-7-19-25(22,23)16-5-4-13(3)24-16/h4-5,8-10,19H,6-7H2,1-3H3,(H,20,21). The monoisotopic (exact) mass is 376 g/mol. The predicted molar refractivity (Wildman–Crippen MR) is 102 cm³/mol. The van der Waals surface area contributed by atoms with Gasteiger partial charge in [0.25, 0.3) is 5.56 Å². The van der Waals surface area contributed by atoms with Crippen LogP contribution in [0, 0.1) is 20.8 Å². The second-order valence-electron chi connectivity index (χ2n) is 6.18.